The average Bonchev–Trinajstić information content (AvgIpc) is 2.87. The molecular weight excluding hydrogens is 294 g/mol. The Labute approximate surface area is 143 Å². The minimum atomic E-state index is 0.146. The molecule has 0 saturated heterocycles. The molecular formula is C22H25NO. The molecule has 1 aromatic heterocycles. The number of benzene rings is 2. The second-order valence-corrected chi connectivity index (χ2v) is 6.22. The van der Waals surface area contributed by atoms with Gasteiger partial charge in [0.2, 0.25) is 0 Å². The lowest BCUT2D eigenvalue weighted by atomic mass is 10.1. The van der Waals surface area contributed by atoms with Crippen molar-refractivity contribution in [1.82, 2.24) is 4.57 Å². The van der Waals surface area contributed by atoms with E-state index in [1.807, 2.05) is 6.07 Å². The van der Waals surface area contributed by atoms with Crippen LogP contribution in [-0.2, 0) is 11.3 Å². The molecule has 0 aliphatic heterocycles. The molecule has 0 fully saturated rings. The average molecular weight is 319 g/mol. The summed E-state index contributed by atoms with van der Waals surface area (Å²) in [5.74, 6) is 0. The molecule has 3 rings (SSSR count). The van der Waals surface area contributed by atoms with Crippen LogP contribution in [0.5, 0.6) is 0 Å². The van der Waals surface area contributed by atoms with Crippen molar-refractivity contribution >= 4 is 23.9 Å². The topological polar surface area (TPSA) is 14.2 Å². The summed E-state index contributed by atoms with van der Waals surface area (Å²) in [4.78, 5) is 0. The maximum atomic E-state index is 5.94. The first-order valence-electron chi connectivity index (χ1n) is 8.60. The van der Waals surface area contributed by atoms with Crippen LogP contribution in [0.3, 0.4) is 0 Å². The van der Waals surface area contributed by atoms with Crippen molar-refractivity contribution in [3.8, 4) is 0 Å². The quantitative estimate of drug-likeness (QED) is 0.600. The molecule has 0 aliphatic rings. The first-order chi connectivity index (χ1) is 11.7. The summed E-state index contributed by atoms with van der Waals surface area (Å²) in [6.45, 7) is 12.3. The highest BCUT2D eigenvalue weighted by Gasteiger charge is 2.06. The van der Waals surface area contributed by atoms with Crippen LogP contribution in [-0.4, -0.2) is 11.2 Å². The van der Waals surface area contributed by atoms with Gasteiger partial charge >= 0.3 is 0 Å². The van der Waals surface area contributed by atoms with Gasteiger partial charge in [-0.15, -0.1) is 0 Å². The van der Waals surface area contributed by atoms with Gasteiger partial charge in [-0.1, -0.05) is 67.8 Å². The molecule has 0 radical (unpaired) electrons. The van der Waals surface area contributed by atoms with E-state index in [9.17, 15) is 0 Å². The van der Waals surface area contributed by atoms with Gasteiger partial charge in [0.05, 0.1) is 6.10 Å². The van der Waals surface area contributed by atoms with E-state index in [1.54, 1.807) is 0 Å². The number of hydrogen-bond acceptors (Lipinski definition) is 1. The number of unbranched alkanes of at least 4 members (excludes halogenated alkanes) is 1. The third-order valence-electron chi connectivity index (χ3n) is 4.61. The maximum Gasteiger partial charge on any atom is 0.0796 e. The highest BCUT2D eigenvalue weighted by Crippen LogP contribution is 2.16. The van der Waals surface area contributed by atoms with Crippen LogP contribution in [0.4, 0.5) is 0 Å². The van der Waals surface area contributed by atoms with Gasteiger partial charge in [0.25, 0.3) is 0 Å². The number of fused-ring (bicyclic) bond motifs is 1. The summed E-state index contributed by atoms with van der Waals surface area (Å²) in [6.07, 6.45) is 2.24. The van der Waals surface area contributed by atoms with E-state index in [-0.39, 0.29) is 6.10 Å². The predicted molar refractivity (Wildman–Crippen MR) is 102 cm³/mol. The molecule has 124 valence electrons. The zero-order chi connectivity index (χ0) is 16.9. The van der Waals surface area contributed by atoms with Gasteiger partial charge in [0, 0.05) is 34.6 Å². The molecule has 0 saturated carbocycles. The van der Waals surface area contributed by atoms with Crippen LogP contribution < -0.4 is 10.7 Å². The molecule has 0 amide bonds. The SMILES string of the molecule is C=c1c2ccccc2c(=C)n1CCCCOC(C)c1ccccc1. The Morgan fingerprint density at radius 3 is 2.08 bits per heavy atom. The third kappa shape index (κ3) is 3.44. The third-order valence-corrected chi connectivity index (χ3v) is 4.61. The van der Waals surface area contributed by atoms with Crippen LogP contribution in [0.2, 0.25) is 0 Å². The number of aromatic nitrogens is 1. The molecule has 1 unspecified atom stereocenters. The normalized spacial score (nSPS) is 12.5. The Morgan fingerprint density at radius 2 is 1.46 bits per heavy atom. The van der Waals surface area contributed by atoms with E-state index in [1.165, 1.54) is 16.3 Å². The molecule has 24 heavy (non-hydrogen) atoms. The zero-order valence-corrected chi connectivity index (χ0v) is 14.4. The van der Waals surface area contributed by atoms with Crippen molar-refractivity contribution in [2.24, 2.45) is 0 Å². The second kappa shape index (κ2) is 7.50. The van der Waals surface area contributed by atoms with E-state index in [4.69, 9.17) is 4.74 Å². The van der Waals surface area contributed by atoms with Gasteiger partial charge in [-0.25, -0.2) is 0 Å². The zero-order valence-electron chi connectivity index (χ0n) is 14.4. The molecule has 0 aliphatic carbocycles. The Balaban J connectivity index is 1.53. The van der Waals surface area contributed by atoms with Crippen molar-refractivity contribution in [3.63, 3.8) is 0 Å². The smallest absolute Gasteiger partial charge is 0.0796 e. The first-order valence-corrected chi connectivity index (χ1v) is 8.60. The fourth-order valence-electron chi connectivity index (χ4n) is 3.16. The molecule has 0 N–H and O–H groups in total. The van der Waals surface area contributed by atoms with E-state index in [0.29, 0.717) is 0 Å². The Kier molecular flexibility index (Phi) is 5.17. The summed E-state index contributed by atoms with van der Waals surface area (Å²) >= 11 is 0. The van der Waals surface area contributed by atoms with Gasteiger partial charge in [-0.2, -0.15) is 0 Å². The molecule has 2 aromatic carbocycles. The molecule has 1 heterocycles. The van der Waals surface area contributed by atoms with Crippen LogP contribution in [0.1, 0.15) is 31.4 Å². The second-order valence-electron chi connectivity index (χ2n) is 6.22. The van der Waals surface area contributed by atoms with E-state index < -0.39 is 0 Å². The highest BCUT2D eigenvalue weighted by molar-refractivity contribution is 5.83. The van der Waals surface area contributed by atoms with Crippen LogP contribution >= 0.6 is 0 Å². The largest absolute Gasteiger partial charge is 0.374 e. The van der Waals surface area contributed by atoms with Gasteiger partial charge in [-0.05, 0) is 25.3 Å². The van der Waals surface area contributed by atoms with Gasteiger partial charge < -0.3 is 9.30 Å². The van der Waals surface area contributed by atoms with Crippen LogP contribution in [0.25, 0.3) is 23.9 Å². The molecule has 0 spiro atoms. The number of rotatable bonds is 7. The molecule has 2 heteroatoms. The number of ether oxygens (including phenoxy) is 1. The summed E-state index contributed by atoms with van der Waals surface area (Å²) in [5.41, 5.74) is 1.23. The van der Waals surface area contributed by atoms with Crippen molar-refractivity contribution in [2.45, 2.75) is 32.4 Å². The number of nitrogens with zero attached hydrogens (tertiary/aromatic N) is 1. The lowest BCUT2D eigenvalue weighted by Gasteiger charge is -2.13. The van der Waals surface area contributed by atoms with E-state index in [0.717, 1.165) is 36.7 Å². The lowest BCUT2D eigenvalue weighted by molar-refractivity contribution is 0.0625. The summed E-state index contributed by atoms with van der Waals surface area (Å²) < 4.78 is 8.17. The highest BCUT2D eigenvalue weighted by atomic mass is 16.5. The van der Waals surface area contributed by atoms with E-state index >= 15 is 0 Å². The van der Waals surface area contributed by atoms with Gasteiger partial charge in [-0.3, -0.25) is 0 Å². The number of hydrogen-bond donors (Lipinski definition) is 0. The first kappa shape index (κ1) is 16.5. The summed E-state index contributed by atoms with van der Waals surface area (Å²) in [6, 6.07) is 18.7. The Bertz CT molecular complexity index is 848. The molecule has 2 nitrogen and oxygen atoms in total. The summed E-state index contributed by atoms with van der Waals surface area (Å²) in [7, 11) is 0. The van der Waals surface area contributed by atoms with Gasteiger partial charge in [0.15, 0.2) is 0 Å². The molecule has 1 atom stereocenters. The van der Waals surface area contributed by atoms with Crippen molar-refractivity contribution < 1.29 is 4.74 Å². The minimum absolute atomic E-state index is 0.146. The predicted octanol–water partition coefficient (Wildman–Crippen LogP) is 4.02. The van der Waals surface area contributed by atoms with Gasteiger partial charge in [0.1, 0.15) is 0 Å². The standard InChI is InChI=1S/C22H25NO/c1-17-21-13-7-8-14-22(21)18(2)23(17)15-9-10-16-24-19(3)20-11-5-4-6-12-20/h4-8,11-14,19H,1-2,9-10,15-16H2,3H3. The molecule has 3 aromatic rings. The van der Waals surface area contributed by atoms with E-state index in [2.05, 4.69) is 73.2 Å². The maximum absolute atomic E-state index is 5.94. The van der Waals surface area contributed by atoms with Crippen LogP contribution in [0, 0.1) is 0 Å². The van der Waals surface area contributed by atoms with Crippen molar-refractivity contribution in [2.75, 3.05) is 6.61 Å². The fraction of sp³-hybridized carbons (Fsp3) is 0.273. The van der Waals surface area contributed by atoms with Crippen molar-refractivity contribution in [3.05, 3.63) is 70.9 Å². The molecule has 0 bridgehead atoms. The van der Waals surface area contributed by atoms with Crippen LogP contribution in [0.15, 0.2) is 54.6 Å². The minimum Gasteiger partial charge on any atom is -0.374 e. The monoisotopic (exact) mass is 319 g/mol. The lowest BCUT2D eigenvalue weighted by Crippen LogP contribution is -2.25. The Hall–Kier alpha value is -2.32. The fourth-order valence-corrected chi connectivity index (χ4v) is 3.16. The Morgan fingerprint density at radius 1 is 0.875 bits per heavy atom. The van der Waals surface area contributed by atoms with Crippen molar-refractivity contribution in [1.29, 1.82) is 0 Å². The summed E-state index contributed by atoms with van der Waals surface area (Å²) in [5, 5.41) is 4.54.